The van der Waals surface area contributed by atoms with Crippen LogP contribution in [-0.4, -0.2) is 31.6 Å². The quantitative estimate of drug-likeness (QED) is 0.615. The Morgan fingerprint density at radius 1 is 1.29 bits per heavy atom. The van der Waals surface area contributed by atoms with Gasteiger partial charge in [0, 0.05) is 28.5 Å². The van der Waals surface area contributed by atoms with Gasteiger partial charge in [-0.1, -0.05) is 12.1 Å². The molecule has 21 heavy (non-hydrogen) atoms. The Hall–Kier alpha value is -0.930. The average Bonchev–Trinajstić information content (AvgIpc) is 2.70. The van der Waals surface area contributed by atoms with Crippen molar-refractivity contribution >= 4 is 43.1 Å². The van der Waals surface area contributed by atoms with Gasteiger partial charge in [-0.2, -0.15) is 13.2 Å². The Balaban J connectivity index is 2.33. The molecule has 10 heteroatoms. The Kier molecular flexibility index (Phi) is 4.46. The molecule has 1 saturated heterocycles. The number of hydrogen-bond acceptors (Lipinski definition) is 4. The number of benzene rings is 1. The predicted molar refractivity (Wildman–Crippen MR) is 73.9 cm³/mol. The molecule has 0 saturated carbocycles. The fourth-order valence-electron chi connectivity index (χ4n) is 1.99. The van der Waals surface area contributed by atoms with Crippen LogP contribution in [0.4, 0.5) is 18.9 Å². The van der Waals surface area contributed by atoms with Gasteiger partial charge in [0.25, 0.3) is 0 Å². The molecule has 1 atom stereocenters. The summed E-state index contributed by atoms with van der Waals surface area (Å²) in [6, 6.07) is 5.46. The van der Waals surface area contributed by atoms with Crippen LogP contribution < -0.4 is 4.90 Å². The molecule has 1 aromatic rings. The molecule has 2 rings (SSSR count). The van der Waals surface area contributed by atoms with E-state index in [-0.39, 0.29) is 35.3 Å². The number of carbonyl (C=O) groups is 1. The van der Waals surface area contributed by atoms with Crippen LogP contribution >= 0.6 is 22.4 Å². The number of hydrogen-bond donors (Lipinski definition) is 0. The van der Waals surface area contributed by atoms with Gasteiger partial charge in [-0.25, -0.2) is 8.42 Å². The third kappa shape index (κ3) is 4.04. The molecule has 4 nitrogen and oxygen atoms in total. The Morgan fingerprint density at radius 2 is 1.90 bits per heavy atom. The molecular weight excluding hydrogens is 351 g/mol. The molecule has 1 amide bonds. The molecule has 0 aliphatic carbocycles. The minimum atomic E-state index is -4.50. The largest absolute Gasteiger partial charge is 0.446 e. The van der Waals surface area contributed by atoms with Crippen molar-refractivity contribution in [2.75, 3.05) is 11.4 Å². The van der Waals surface area contributed by atoms with E-state index in [2.05, 4.69) is 0 Å². The van der Waals surface area contributed by atoms with Gasteiger partial charge >= 0.3 is 5.51 Å². The molecule has 1 aliphatic rings. The Labute approximate surface area is 127 Å². The predicted octanol–water partition coefficient (Wildman–Crippen LogP) is 2.97. The summed E-state index contributed by atoms with van der Waals surface area (Å²) in [5, 5.41) is -1.12. The van der Waals surface area contributed by atoms with Crippen molar-refractivity contribution in [2.24, 2.45) is 0 Å². The summed E-state index contributed by atoms with van der Waals surface area (Å²) in [5.41, 5.74) is -4.47. The van der Waals surface area contributed by atoms with Crippen LogP contribution in [0.25, 0.3) is 0 Å². The maximum Gasteiger partial charge on any atom is 0.446 e. The van der Waals surface area contributed by atoms with Gasteiger partial charge in [0.1, 0.15) is 5.25 Å². The lowest BCUT2D eigenvalue weighted by Crippen LogP contribution is -2.27. The SMILES string of the molecule is O=C1CC(S(=O)(=O)Cl)CN1c1ccccc1SC(F)(F)F. The van der Waals surface area contributed by atoms with Crippen molar-refractivity contribution in [3.63, 3.8) is 0 Å². The lowest BCUT2D eigenvalue weighted by Gasteiger charge is -2.20. The van der Waals surface area contributed by atoms with E-state index in [1.807, 2.05) is 0 Å². The topological polar surface area (TPSA) is 54.5 Å². The van der Waals surface area contributed by atoms with Crippen LogP contribution in [0.5, 0.6) is 0 Å². The molecule has 1 heterocycles. The van der Waals surface area contributed by atoms with E-state index in [0.717, 1.165) is 4.90 Å². The number of halogens is 4. The molecule has 0 radical (unpaired) electrons. The number of carbonyl (C=O) groups excluding carboxylic acids is 1. The molecule has 1 fully saturated rings. The standard InChI is InChI=1S/C11H9ClF3NO3S2/c12-21(18,19)7-5-10(17)16(6-7)8-3-1-2-4-9(8)20-11(13,14)15/h1-4,7H,5-6H2. The van der Waals surface area contributed by atoms with Crippen LogP contribution in [0.3, 0.4) is 0 Å². The minimum absolute atomic E-state index is 0.0349. The van der Waals surface area contributed by atoms with Gasteiger partial charge in [-0.15, -0.1) is 0 Å². The number of anilines is 1. The van der Waals surface area contributed by atoms with Crippen molar-refractivity contribution in [1.82, 2.24) is 0 Å². The number of amides is 1. The number of thioether (sulfide) groups is 1. The number of alkyl halides is 3. The number of rotatable bonds is 3. The van der Waals surface area contributed by atoms with Crippen molar-refractivity contribution in [1.29, 1.82) is 0 Å². The second-order valence-corrected chi connectivity index (χ2v) is 8.34. The van der Waals surface area contributed by atoms with Crippen LogP contribution in [0.15, 0.2) is 29.2 Å². The van der Waals surface area contributed by atoms with E-state index in [1.165, 1.54) is 24.3 Å². The number of nitrogens with zero attached hydrogens (tertiary/aromatic N) is 1. The van der Waals surface area contributed by atoms with E-state index in [9.17, 15) is 26.4 Å². The second kappa shape index (κ2) is 5.69. The molecule has 1 aliphatic heterocycles. The average molecular weight is 360 g/mol. The molecule has 116 valence electrons. The monoisotopic (exact) mass is 359 g/mol. The molecular formula is C11H9ClF3NO3S2. The zero-order valence-corrected chi connectivity index (χ0v) is 12.7. The molecule has 0 bridgehead atoms. The summed E-state index contributed by atoms with van der Waals surface area (Å²) in [5.74, 6) is -0.570. The molecule has 0 N–H and O–H groups in total. The summed E-state index contributed by atoms with van der Waals surface area (Å²) in [6.45, 7) is -0.250. The number of para-hydroxylation sites is 1. The highest BCUT2D eigenvalue weighted by Crippen LogP contribution is 2.42. The first-order valence-corrected chi connectivity index (χ1v) is 8.85. The summed E-state index contributed by atoms with van der Waals surface area (Å²) in [7, 11) is 1.27. The van der Waals surface area contributed by atoms with Gasteiger partial charge in [0.15, 0.2) is 0 Å². The highest BCUT2D eigenvalue weighted by molar-refractivity contribution is 8.14. The summed E-state index contributed by atoms with van der Waals surface area (Å²) >= 11 is -0.351. The van der Waals surface area contributed by atoms with Crippen LogP contribution in [0, 0.1) is 0 Å². The van der Waals surface area contributed by atoms with E-state index in [4.69, 9.17) is 10.7 Å². The highest BCUT2D eigenvalue weighted by Gasteiger charge is 2.40. The first kappa shape index (κ1) is 16.4. The maximum atomic E-state index is 12.5. The van der Waals surface area contributed by atoms with Crippen LogP contribution in [0.1, 0.15) is 6.42 Å². The summed E-state index contributed by atoms with van der Waals surface area (Å²) < 4.78 is 60.1. The van der Waals surface area contributed by atoms with Gasteiger partial charge in [0.2, 0.25) is 15.0 Å². The molecule has 1 aromatic carbocycles. The van der Waals surface area contributed by atoms with E-state index in [1.54, 1.807) is 0 Å². The fraction of sp³-hybridized carbons (Fsp3) is 0.364. The fourth-order valence-corrected chi connectivity index (χ4v) is 3.69. The van der Waals surface area contributed by atoms with Crippen LogP contribution in [-0.2, 0) is 13.8 Å². The van der Waals surface area contributed by atoms with E-state index in [0.29, 0.717) is 0 Å². The first-order valence-electron chi connectivity index (χ1n) is 5.66. The lowest BCUT2D eigenvalue weighted by atomic mass is 10.3. The van der Waals surface area contributed by atoms with Crippen LogP contribution in [0.2, 0.25) is 0 Å². The van der Waals surface area contributed by atoms with Gasteiger partial charge in [0.05, 0.1) is 5.69 Å². The zero-order valence-electron chi connectivity index (χ0n) is 10.3. The third-order valence-electron chi connectivity index (χ3n) is 2.87. The highest BCUT2D eigenvalue weighted by atomic mass is 35.7. The van der Waals surface area contributed by atoms with Crippen molar-refractivity contribution in [3.8, 4) is 0 Å². The van der Waals surface area contributed by atoms with Crippen molar-refractivity contribution < 1.29 is 26.4 Å². The van der Waals surface area contributed by atoms with Gasteiger partial charge < -0.3 is 4.90 Å². The summed E-state index contributed by atoms with van der Waals surface area (Å²) in [6.07, 6.45) is -0.336. The van der Waals surface area contributed by atoms with Gasteiger partial charge in [-0.3, -0.25) is 4.79 Å². The lowest BCUT2D eigenvalue weighted by molar-refractivity contribution is -0.117. The Morgan fingerprint density at radius 3 is 2.43 bits per heavy atom. The molecule has 0 spiro atoms. The normalized spacial score (nSPS) is 20.1. The van der Waals surface area contributed by atoms with E-state index >= 15 is 0 Å². The van der Waals surface area contributed by atoms with Gasteiger partial charge in [-0.05, 0) is 23.9 Å². The zero-order chi connectivity index (χ0) is 15.8. The first-order chi connectivity index (χ1) is 9.58. The molecule has 0 aromatic heterocycles. The van der Waals surface area contributed by atoms with Crippen molar-refractivity contribution in [2.45, 2.75) is 22.1 Å². The second-order valence-electron chi connectivity index (χ2n) is 4.32. The van der Waals surface area contributed by atoms with Crippen molar-refractivity contribution in [3.05, 3.63) is 24.3 Å². The third-order valence-corrected chi connectivity index (χ3v) is 5.53. The van der Waals surface area contributed by atoms with E-state index < -0.39 is 25.7 Å². The summed E-state index contributed by atoms with van der Waals surface area (Å²) in [4.78, 5) is 12.7. The Bertz CT molecular complexity index is 663. The smallest absolute Gasteiger partial charge is 0.310 e. The maximum absolute atomic E-state index is 12.5. The minimum Gasteiger partial charge on any atom is -0.310 e. The molecule has 1 unspecified atom stereocenters.